The first-order valence-electron chi connectivity index (χ1n) is 7.50. The normalized spacial score (nSPS) is 27.0. The molecular formula is C15H26N2O4. The molecule has 0 aliphatic heterocycles. The topological polar surface area (TPSA) is 95.5 Å². The lowest BCUT2D eigenvalue weighted by Gasteiger charge is -2.38. The zero-order chi connectivity index (χ0) is 16.2. The fourth-order valence-corrected chi connectivity index (χ4v) is 2.98. The Labute approximate surface area is 125 Å². The molecule has 1 aliphatic rings. The van der Waals surface area contributed by atoms with Crippen LogP contribution in [0.5, 0.6) is 0 Å². The van der Waals surface area contributed by atoms with Crippen LogP contribution in [-0.2, 0) is 14.4 Å². The zero-order valence-corrected chi connectivity index (χ0v) is 13.2. The summed E-state index contributed by atoms with van der Waals surface area (Å²) in [6.45, 7) is 6.98. The van der Waals surface area contributed by atoms with Gasteiger partial charge in [-0.3, -0.25) is 9.59 Å². The van der Waals surface area contributed by atoms with E-state index in [4.69, 9.17) is 0 Å². The van der Waals surface area contributed by atoms with Gasteiger partial charge in [0.05, 0.1) is 0 Å². The highest BCUT2D eigenvalue weighted by atomic mass is 16.4. The van der Waals surface area contributed by atoms with Gasteiger partial charge in [-0.25, -0.2) is 4.79 Å². The van der Waals surface area contributed by atoms with Crippen molar-refractivity contribution < 1.29 is 19.5 Å². The fourth-order valence-electron chi connectivity index (χ4n) is 2.98. The van der Waals surface area contributed by atoms with E-state index in [0.717, 1.165) is 12.8 Å². The Morgan fingerprint density at radius 3 is 2.33 bits per heavy atom. The molecule has 0 bridgehead atoms. The molecule has 1 saturated carbocycles. The number of rotatable bonds is 5. The molecule has 1 fully saturated rings. The summed E-state index contributed by atoms with van der Waals surface area (Å²) in [6.07, 6.45) is 2.62. The van der Waals surface area contributed by atoms with E-state index in [1.54, 1.807) is 0 Å². The third-order valence-corrected chi connectivity index (χ3v) is 4.08. The van der Waals surface area contributed by atoms with E-state index >= 15 is 0 Å². The summed E-state index contributed by atoms with van der Waals surface area (Å²) < 4.78 is 0. The second kappa shape index (κ2) is 6.91. The van der Waals surface area contributed by atoms with Crippen molar-refractivity contribution in [3.63, 3.8) is 0 Å². The zero-order valence-electron chi connectivity index (χ0n) is 13.2. The standard InChI is InChI=1S/C15H26N2O4/c1-9(2)12(16-11(4)18)13(19)17-15(14(20)21)7-5-6-10(3)8-15/h9-10,12H,5-8H2,1-4H3,(H,16,18)(H,17,19)(H,20,21). The maximum Gasteiger partial charge on any atom is 0.329 e. The second-order valence-corrected chi connectivity index (χ2v) is 6.50. The quantitative estimate of drug-likeness (QED) is 0.713. The van der Waals surface area contributed by atoms with E-state index in [0.29, 0.717) is 12.8 Å². The average molecular weight is 298 g/mol. The van der Waals surface area contributed by atoms with Gasteiger partial charge in [0.25, 0.3) is 0 Å². The first-order valence-corrected chi connectivity index (χ1v) is 7.50. The number of hydrogen-bond donors (Lipinski definition) is 3. The summed E-state index contributed by atoms with van der Waals surface area (Å²) in [5.41, 5.74) is -1.21. The van der Waals surface area contributed by atoms with E-state index < -0.39 is 23.5 Å². The third-order valence-electron chi connectivity index (χ3n) is 4.08. The van der Waals surface area contributed by atoms with E-state index in [-0.39, 0.29) is 17.7 Å². The first kappa shape index (κ1) is 17.5. The lowest BCUT2D eigenvalue weighted by atomic mass is 9.76. The Balaban J connectivity index is 2.89. The van der Waals surface area contributed by atoms with Gasteiger partial charge in [0.2, 0.25) is 11.8 Å². The maximum absolute atomic E-state index is 12.4. The van der Waals surface area contributed by atoms with Gasteiger partial charge in [0.1, 0.15) is 11.6 Å². The summed E-state index contributed by atoms with van der Waals surface area (Å²) in [6, 6.07) is -0.712. The molecule has 1 rings (SSSR count). The molecule has 0 spiro atoms. The molecule has 120 valence electrons. The van der Waals surface area contributed by atoms with Crippen LogP contribution in [0, 0.1) is 11.8 Å². The van der Waals surface area contributed by atoms with E-state index in [1.165, 1.54) is 6.92 Å². The van der Waals surface area contributed by atoms with Gasteiger partial charge in [-0.15, -0.1) is 0 Å². The number of carbonyl (C=O) groups is 3. The van der Waals surface area contributed by atoms with Crippen LogP contribution in [0.1, 0.15) is 53.4 Å². The minimum Gasteiger partial charge on any atom is -0.480 e. The average Bonchev–Trinajstić information content (AvgIpc) is 2.35. The van der Waals surface area contributed by atoms with Crippen LogP contribution in [-0.4, -0.2) is 34.5 Å². The number of carboxylic acid groups (broad SMARTS) is 1. The summed E-state index contributed by atoms with van der Waals surface area (Å²) in [5.74, 6) is -1.57. The SMILES string of the molecule is CC(=O)NC(C(=O)NC1(C(=O)O)CCCC(C)C1)C(C)C. The van der Waals surface area contributed by atoms with Crippen molar-refractivity contribution in [1.29, 1.82) is 0 Å². The summed E-state index contributed by atoms with van der Waals surface area (Å²) in [7, 11) is 0. The van der Waals surface area contributed by atoms with Crippen LogP contribution in [0.3, 0.4) is 0 Å². The molecule has 21 heavy (non-hydrogen) atoms. The molecule has 6 nitrogen and oxygen atoms in total. The monoisotopic (exact) mass is 298 g/mol. The highest BCUT2D eigenvalue weighted by Gasteiger charge is 2.44. The third kappa shape index (κ3) is 4.44. The van der Waals surface area contributed by atoms with Crippen LogP contribution in [0.25, 0.3) is 0 Å². The molecule has 0 aromatic rings. The van der Waals surface area contributed by atoms with Gasteiger partial charge in [-0.2, -0.15) is 0 Å². The van der Waals surface area contributed by atoms with Crippen molar-refractivity contribution in [2.24, 2.45) is 11.8 Å². The van der Waals surface area contributed by atoms with Gasteiger partial charge in [-0.1, -0.05) is 33.6 Å². The lowest BCUT2D eigenvalue weighted by Crippen LogP contribution is -2.61. The van der Waals surface area contributed by atoms with Crippen LogP contribution in [0.2, 0.25) is 0 Å². The number of carboxylic acids is 1. The van der Waals surface area contributed by atoms with Crippen LogP contribution in [0.4, 0.5) is 0 Å². The van der Waals surface area contributed by atoms with Gasteiger partial charge in [0, 0.05) is 6.92 Å². The minimum absolute atomic E-state index is 0.110. The molecular weight excluding hydrogens is 272 g/mol. The predicted molar refractivity (Wildman–Crippen MR) is 78.6 cm³/mol. The molecule has 0 aromatic carbocycles. The molecule has 1 aliphatic carbocycles. The molecule has 0 saturated heterocycles. The van der Waals surface area contributed by atoms with Crippen LogP contribution < -0.4 is 10.6 Å². The van der Waals surface area contributed by atoms with E-state index in [1.807, 2.05) is 20.8 Å². The highest BCUT2D eigenvalue weighted by Crippen LogP contribution is 2.32. The molecule has 3 N–H and O–H groups in total. The van der Waals surface area contributed by atoms with Gasteiger partial charge in [0.15, 0.2) is 0 Å². The molecule has 0 radical (unpaired) electrons. The van der Waals surface area contributed by atoms with Crippen molar-refractivity contribution in [3.8, 4) is 0 Å². The van der Waals surface area contributed by atoms with Crippen molar-refractivity contribution in [3.05, 3.63) is 0 Å². The smallest absolute Gasteiger partial charge is 0.329 e. The Hall–Kier alpha value is -1.59. The predicted octanol–water partition coefficient (Wildman–Crippen LogP) is 1.30. The van der Waals surface area contributed by atoms with Crippen LogP contribution in [0.15, 0.2) is 0 Å². The molecule has 0 heterocycles. The molecule has 3 atom stereocenters. The number of nitrogens with one attached hydrogen (secondary N) is 2. The number of hydrogen-bond acceptors (Lipinski definition) is 3. The summed E-state index contributed by atoms with van der Waals surface area (Å²) in [4.78, 5) is 35.3. The highest BCUT2D eigenvalue weighted by molar-refractivity contribution is 5.92. The van der Waals surface area contributed by atoms with E-state index in [9.17, 15) is 19.5 Å². The van der Waals surface area contributed by atoms with Gasteiger partial charge < -0.3 is 15.7 Å². The number of aliphatic carboxylic acids is 1. The molecule has 6 heteroatoms. The Bertz CT molecular complexity index is 422. The Morgan fingerprint density at radius 2 is 1.90 bits per heavy atom. The molecule has 0 aromatic heterocycles. The van der Waals surface area contributed by atoms with Crippen molar-refractivity contribution in [2.45, 2.75) is 65.0 Å². The maximum atomic E-state index is 12.4. The fraction of sp³-hybridized carbons (Fsp3) is 0.800. The van der Waals surface area contributed by atoms with Gasteiger partial charge >= 0.3 is 5.97 Å². The van der Waals surface area contributed by atoms with Crippen molar-refractivity contribution in [1.82, 2.24) is 10.6 Å². The second-order valence-electron chi connectivity index (χ2n) is 6.50. The summed E-state index contributed by atoms with van der Waals surface area (Å²) in [5, 5.41) is 14.8. The largest absolute Gasteiger partial charge is 0.480 e. The van der Waals surface area contributed by atoms with Crippen molar-refractivity contribution in [2.75, 3.05) is 0 Å². The number of amides is 2. The number of carbonyl (C=O) groups excluding carboxylic acids is 2. The van der Waals surface area contributed by atoms with Crippen molar-refractivity contribution >= 4 is 17.8 Å². The first-order chi connectivity index (χ1) is 9.68. The van der Waals surface area contributed by atoms with E-state index in [2.05, 4.69) is 10.6 Å². The lowest BCUT2D eigenvalue weighted by molar-refractivity contribution is -0.150. The molecule has 2 amide bonds. The molecule has 3 unspecified atom stereocenters. The van der Waals surface area contributed by atoms with Crippen LogP contribution >= 0.6 is 0 Å². The Morgan fingerprint density at radius 1 is 1.29 bits per heavy atom. The summed E-state index contributed by atoms with van der Waals surface area (Å²) >= 11 is 0. The minimum atomic E-state index is -1.21. The van der Waals surface area contributed by atoms with Gasteiger partial charge in [-0.05, 0) is 24.7 Å². The Kier molecular flexibility index (Phi) is 5.75.